The van der Waals surface area contributed by atoms with E-state index in [4.69, 9.17) is 9.88 Å². The van der Waals surface area contributed by atoms with Crippen LogP contribution >= 0.6 is 12.1 Å². The van der Waals surface area contributed by atoms with Crippen LogP contribution in [0, 0.1) is 5.92 Å². The third-order valence-electron chi connectivity index (χ3n) is 5.94. The summed E-state index contributed by atoms with van der Waals surface area (Å²) in [6, 6.07) is 4.09. The first-order valence-electron chi connectivity index (χ1n) is 10.8. The third-order valence-corrected chi connectivity index (χ3v) is 6.60. The predicted molar refractivity (Wildman–Crippen MR) is 122 cm³/mol. The summed E-state index contributed by atoms with van der Waals surface area (Å²) in [4.78, 5) is 18.1. The van der Waals surface area contributed by atoms with E-state index in [2.05, 4.69) is 42.0 Å². The molecule has 0 spiro atoms. The molecule has 0 radical (unpaired) electrons. The van der Waals surface area contributed by atoms with Gasteiger partial charge in [0.15, 0.2) is 0 Å². The molecule has 2 saturated heterocycles. The van der Waals surface area contributed by atoms with Crippen LogP contribution in [0.3, 0.4) is 0 Å². The summed E-state index contributed by atoms with van der Waals surface area (Å²) in [5.74, 6) is 2.09. The van der Waals surface area contributed by atoms with E-state index in [-0.39, 0.29) is 0 Å². The summed E-state index contributed by atoms with van der Waals surface area (Å²) in [7, 11) is 0. The second-order valence-corrected chi connectivity index (χ2v) is 8.59. The monoisotopic (exact) mass is 429 g/mol. The fourth-order valence-corrected chi connectivity index (χ4v) is 4.27. The minimum absolute atomic E-state index is 0.541. The minimum atomic E-state index is 0.541. The molecule has 2 aromatic rings. The average molecular weight is 430 g/mol. The van der Waals surface area contributed by atoms with Crippen LogP contribution in [-0.2, 0) is 6.42 Å². The van der Waals surface area contributed by atoms with Crippen molar-refractivity contribution in [3.8, 4) is 5.88 Å². The smallest absolute Gasteiger partial charge is 0.225 e. The van der Waals surface area contributed by atoms with Gasteiger partial charge in [-0.15, -0.1) is 0 Å². The molecule has 2 N–H and O–H groups in total. The van der Waals surface area contributed by atoms with Crippen LogP contribution in [0.5, 0.6) is 5.88 Å². The molecule has 162 valence electrons. The quantitative estimate of drug-likeness (QED) is 0.667. The van der Waals surface area contributed by atoms with Crippen molar-refractivity contribution in [2.45, 2.75) is 26.2 Å². The Kier molecular flexibility index (Phi) is 7.24. The molecule has 0 bridgehead atoms. The van der Waals surface area contributed by atoms with E-state index in [1.165, 1.54) is 17.7 Å². The second kappa shape index (κ2) is 10.3. The lowest BCUT2D eigenvalue weighted by molar-refractivity contribution is 0.215. The number of aromatic nitrogens is 3. The van der Waals surface area contributed by atoms with Gasteiger partial charge in [0.2, 0.25) is 11.8 Å². The SMILES string of the molecule is CCc1cnc(N2CCC(COc3ccc(N4CCN(SN)CC4)cn3)CC2)nc1. The van der Waals surface area contributed by atoms with E-state index in [1.54, 1.807) is 0 Å². The van der Waals surface area contributed by atoms with E-state index in [9.17, 15) is 0 Å². The molecule has 4 rings (SSSR count). The molecule has 0 amide bonds. The van der Waals surface area contributed by atoms with E-state index in [0.717, 1.165) is 70.2 Å². The summed E-state index contributed by atoms with van der Waals surface area (Å²) in [5, 5.41) is 5.64. The normalized spacial score (nSPS) is 18.6. The van der Waals surface area contributed by atoms with E-state index in [1.807, 2.05) is 24.7 Å². The maximum atomic E-state index is 5.99. The molecule has 2 fully saturated rings. The minimum Gasteiger partial charge on any atom is -0.477 e. The standard InChI is InChI=1S/C21H31N7OS/c1-2-17-13-24-21(25-14-17)27-7-5-18(6-8-27)16-29-20-4-3-19(15-23-20)26-9-11-28(30-22)12-10-26/h3-4,13-15,18H,2,5-12,16,22H2,1H3. The summed E-state index contributed by atoms with van der Waals surface area (Å²) in [5.41, 5.74) is 2.32. The lowest BCUT2D eigenvalue weighted by atomic mass is 9.98. The van der Waals surface area contributed by atoms with Gasteiger partial charge >= 0.3 is 0 Å². The highest BCUT2D eigenvalue weighted by Gasteiger charge is 2.22. The van der Waals surface area contributed by atoms with Crippen molar-refractivity contribution in [1.29, 1.82) is 0 Å². The van der Waals surface area contributed by atoms with E-state index >= 15 is 0 Å². The Labute approximate surface area is 183 Å². The van der Waals surface area contributed by atoms with Crippen molar-refractivity contribution in [2.75, 3.05) is 55.7 Å². The molecule has 9 heteroatoms. The van der Waals surface area contributed by atoms with Gasteiger partial charge in [0.25, 0.3) is 0 Å². The molecule has 8 nitrogen and oxygen atoms in total. The molecule has 0 unspecified atom stereocenters. The van der Waals surface area contributed by atoms with Gasteiger partial charge in [0, 0.05) is 69.9 Å². The van der Waals surface area contributed by atoms with Crippen LogP contribution in [0.25, 0.3) is 0 Å². The zero-order valence-electron chi connectivity index (χ0n) is 17.6. The third kappa shape index (κ3) is 5.33. The number of anilines is 2. The predicted octanol–water partition coefficient (Wildman–Crippen LogP) is 2.37. The number of piperidine rings is 1. The van der Waals surface area contributed by atoms with Crippen molar-refractivity contribution in [1.82, 2.24) is 19.3 Å². The molecular formula is C21H31N7OS. The van der Waals surface area contributed by atoms with Crippen LogP contribution in [0.1, 0.15) is 25.3 Å². The zero-order valence-corrected chi connectivity index (χ0v) is 18.4. The average Bonchev–Trinajstić information content (AvgIpc) is 2.83. The first kappa shape index (κ1) is 21.1. The van der Waals surface area contributed by atoms with Gasteiger partial charge in [-0.25, -0.2) is 19.3 Å². The molecule has 0 atom stereocenters. The number of pyridine rings is 1. The molecule has 0 aliphatic carbocycles. The number of nitrogens with zero attached hydrogens (tertiary/aromatic N) is 6. The lowest BCUT2D eigenvalue weighted by Crippen LogP contribution is -2.44. The Balaban J connectivity index is 1.21. The topological polar surface area (TPSA) is 83.6 Å². The van der Waals surface area contributed by atoms with Crippen LogP contribution in [0.15, 0.2) is 30.7 Å². The van der Waals surface area contributed by atoms with Crippen molar-refractivity contribution < 1.29 is 4.74 Å². The van der Waals surface area contributed by atoms with Crippen LogP contribution in [-0.4, -0.2) is 65.1 Å². The van der Waals surface area contributed by atoms with E-state index < -0.39 is 0 Å². The van der Waals surface area contributed by atoms with Crippen molar-refractivity contribution >= 4 is 23.8 Å². The van der Waals surface area contributed by atoms with Gasteiger partial charge in [-0.3, -0.25) is 5.14 Å². The Morgan fingerprint density at radius 3 is 2.30 bits per heavy atom. The van der Waals surface area contributed by atoms with Gasteiger partial charge in [0.1, 0.15) is 0 Å². The Morgan fingerprint density at radius 1 is 0.967 bits per heavy atom. The highest BCUT2D eigenvalue weighted by molar-refractivity contribution is 7.94. The Morgan fingerprint density at radius 2 is 1.70 bits per heavy atom. The van der Waals surface area contributed by atoms with Gasteiger partial charge in [0.05, 0.1) is 18.5 Å². The number of rotatable bonds is 7. The fraction of sp³-hybridized carbons (Fsp3) is 0.571. The van der Waals surface area contributed by atoms with Gasteiger partial charge < -0.3 is 14.5 Å². The van der Waals surface area contributed by atoms with Crippen molar-refractivity contribution in [2.24, 2.45) is 11.1 Å². The first-order chi connectivity index (χ1) is 14.7. The molecule has 2 aliphatic heterocycles. The zero-order chi connectivity index (χ0) is 20.8. The van der Waals surface area contributed by atoms with Gasteiger partial charge in [-0.1, -0.05) is 6.92 Å². The summed E-state index contributed by atoms with van der Waals surface area (Å²) in [6.45, 7) is 8.64. The van der Waals surface area contributed by atoms with Gasteiger partial charge in [-0.2, -0.15) is 0 Å². The van der Waals surface area contributed by atoms with Crippen molar-refractivity contribution in [3.05, 3.63) is 36.3 Å². The molecule has 4 heterocycles. The van der Waals surface area contributed by atoms with Crippen molar-refractivity contribution in [3.63, 3.8) is 0 Å². The highest BCUT2D eigenvalue weighted by Crippen LogP contribution is 2.23. The molecule has 0 aromatic carbocycles. The van der Waals surface area contributed by atoms with Crippen LogP contribution < -0.4 is 19.7 Å². The van der Waals surface area contributed by atoms with Gasteiger partial charge in [-0.05, 0) is 36.8 Å². The Bertz CT molecular complexity index is 773. The highest BCUT2D eigenvalue weighted by atomic mass is 32.2. The Hall–Kier alpha value is -2.10. The molecule has 2 aliphatic rings. The number of nitrogens with two attached hydrogens (primary N) is 1. The van der Waals surface area contributed by atoms with Crippen LogP contribution in [0.4, 0.5) is 11.6 Å². The molecule has 30 heavy (non-hydrogen) atoms. The number of hydrogen-bond donors (Lipinski definition) is 1. The molecule has 0 saturated carbocycles. The fourth-order valence-electron chi connectivity index (χ4n) is 3.89. The molecular weight excluding hydrogens is 398 g/mol. The largest absolute Gasteiger partial charge is 0.477 e. The van der Waals surface area contributed by atoms with Crippen LogP contribution in [0.2, 0.25) is 0 Å². The maximum absolute atomic E-state index is 5.99. The second-order valence-electron chi connectivity index (χ2n) is 7.86. The number of hydrogen-bond acceptors (Lipinski definition) is 9. The first-order valence-corrected chi connectivity index (χ1v) is 11.6. The number of ether oxygens (including phenoxy) is 1. The summed E-state index contributed by atoms with van der Waals surface area (Å²) < 4.78 is 8.17. The molecule has 2 aromatic heterocycles. The maximum Gasteiger partial charge on any atom is 0.225 e. The summed E-state index contributed by atoms with van der Waals surface area (Å²) in [6.07, 6.45) is 8.92. The number of piperazine rings is 1. The van der Waals surface area contributed by atoms with E-state index in [0.29, 0.717) is 18.4 Å². The summed E-state index contributed by atoms with van der Waals surface area (Å²) >= 11 is 1.33. The lowest BCUT2D eigenvalue weighted by Gasteiger charge is -2.34. The number of aryl methyl sites for hydroxylation is 1.